The highest BCUT2D eigenvalue weighted by molar-refractivity contribution is 8.19. The van der Waals surface area contributed by atoms with Gasteiger partial charge in [0.2, 0.25) is 5.91 Å². The van der Waals surface area contributed by atoms with Crippen molar-refractivity contribution in [2.24, 2.45) is 0 Å². The number of carbonyl (C=O) groups excluding carboxylic acids is 2. The summed E-state index contributed by atoms with van der Waals surface area (Å²) in [6, 6.07) is 11.4. The summed E-state index contributed by atoms with van der Waals surface area (Å²) in [5.41, 5.74) is 2.02. The molecule has 0 spiro atoms. The molecule has 0 atom stereocenters. The fourth-order valence-electron chi connectivity index (χ4n) is 2.35. The zero-order chi connectivity index (χ0) is 16.9. The number of hydrogen-bond donors (Lipinski definition) is 1. The topological polar surface area (TPSA) is 46.2 Å². The molecule has 1 aliphatic heterocycles. The minimum absolute atomic E-state index is 0.0467. The molecule has 0 aliphatic carbocycles. The second-order valence-electron chi connectivity index (χ2n) is 5.27. The molecule has 1 amide bonds. The second kappa shape index (κ2) is 8.43. The Hall–Kier alpha value is -0.950. The van der Waals surface area contributed by atoms with Crippen molar-refractivity contribution in [2.45, 2.75) is 17.4 Å². The summed E-state index contributed by atoms with van der Waals surface area (Å²) in [6.07, 6.45) is 0.363. The normalized spacial score (nSPS) is 14.7. The predicted octanol–water partition coefficient (Wildman–Crippen LogP) is 5.48. The van der Waals surface area contributed by atoms with Gasteiger partial charge in [0.1, 0.15) is 0 Å². The summed E-state index contributed by atoms with van der Waals surface area (Å²) in [5, 5.41) is 2.89. The summed E-state index contributed by atoms with van der Waals surface area (Å²) in [5.74, 6) is 2.14. The van der Waals surface area contributed by atoms with E-state index in [1.807, 2.05) is 41.7 Å². The van der Waals surface area contributed by atoms with E-state index in [0.717, 1.165) is 5.69 Å². The number of halogens is 1. The van der Waals surface area contributed by atoms with E-state index in [-0.39, 0.29) is 24.5 Å². The van der Waals surface area contributed by atoms with Gasteiger partial charge in [-0.3, -0.25) is 9.59 Å². The van der Waals surface area contributed by atoms with E-state index >= 15 is 0 Å². The first kappa shape index (κ1) is 17.9. The molecule has 1 aromatic heterocycles. The molecule has 3 rings (SSSR count). The summed E-state index contributed by atoms with van der Waals surface area (Å²) in [7, 11) is 0. The standard InChI is InChI=1S/C17H16ClNO2S3/c18-15-6-5-14(24-15)13(20)4-7-16(21)19-12-3-1-2-11(10-12)17-22-8-9-23-17/h1-3,5-6,10,17H,4,7-9H2,(H,19,21). The smallest absolute Gasteiger partial charge is 0.224 e. The lowest BCUT2D eigenvalue weighted by Gasteiger charge is -2.11. The zero-order valence-corrected chi connectivity index (χ0v) is 16.0. The highest BCUT2D eigenvalue weighted by Crippen LogP contribution is 2.45. The largest absolute Gasteiger partial charge is 0.326 e. The molecule has 2 aromatic rings. The Morgan fingerprint density at radius 1 is 1.12 bits per heavy atom. The lowest BCUT2D eigenvalue weighted by molar-refractivity contribution is -0.116. The van der Waals surface area contributed by atoms with Gasteiger partial charge in [0.05, 0.1) is 13.8 Å². The van der Waals surface area contributed by atoms with Crippen molar-refractivity contribution in [3.05, 3.63) is 51.2 Å². The number of amides is 1. The number of anilines is 1. The van der Waals surface area contributed by atoms with Gasteiger partial charge in [0, 0.05) is 30.0 Å². The quantitative estimate of drug-likeness (QED) is 0.655. The molecule has 0 radical (unpaired) electrons. The lowest BCUT2D eigenvalue weighted by Crippen LogP contribution is -2.13. The van der Waals surface area contributed by atoms with E-state index < -0.39 is 0 Å². The molecule has 3 nitrogen and oxygen atoms in total. The molecule has 1 aromatic carbocycles. The van der Waals surface area contributed by atoms with E-state index in [4.69, 9.17) is 11.6 Å². The van der Waals surface area contributed by atoms with Crippen LogP contribution in [0.25, 0.3) is 0 Å². The van der Waals surface area contributed by atoms with Gasteiger partial charge in [-0.05, 0) is 29.8 Å². The van der Waals surface area contributed by atoms with Crippen LogP contribution in [0.2, 0.25) is 4.34 Å². The molecule has 0 bridgehead atoms. The van der Waals surface area contributed by atoms with Crippen molar-refractivity contribution in [1.29, 1.82) is 0 Å². The number of nitrogens with one attached hydrogen (secondary N) is 1. The Labute approximate surface area is 158 Å². The van der Waals surface area contributed by atoms with E-state index in [9.17, 15) is 9.59 Å². The van der Waals surface area contributed by atoms with Gasteiger partial charge in [-0.25, -0.2) is 0 Å². The zero-order valence-electron chi connectivity index (χ0n) is 12.8. The molecular formula is C17H16ClNO2S3. The second-order valence-corrected chi connectivity index (χ2v) is 9.71. The molecule has 0 saturated carbocycles. The molecule has 24 heavy (non-hydrogen) atoms. The van der Waals surface area contributed by atoms with E-state index in [1.165, 1.54) is 28.4 Å². The third-order valence-corrected chi connectivity index (χ3v) is 7.87. The van der Waals surface area contributed by atoms with Crippen LogP contribution in [-0.4, -0.2) is 23.2 Å². The van der Waals surface area contributed by atoms with Crippen LogP contribution in [0.1, 0.15) is 32.7 Å². The van der Waals surface area contributed by atoms with Crippen molar-refractivity contribution in [2.75, 3.05) is 16.8 Å². The van der Waals surface area contributed by atoms with Gasteiger partial charge < -0.3 is 5.32 Å². The van der Waals surface area contributed by atoms with Gasteiger partial charge in [0.25, 0.3) is 0 Å². The van der Waals surface area contributed by atoms with Crippen LogP contribution in [0.4, 0.5) is 5.69 Å². The van der Waals surface area contributed by atoms with E-state index in [1.54, 1.807) is 12.1 Å². The van der Waals surface area contributed by atoms with Crippen LogP contribution in [-0.2, 0) is 4.79 Å². The van der Waals surface area contributed by atoms with Gasteiger partial charge in [-0.1, -0.05) is 23.7 Å². The SMILES string of the molecule is O=C(CCC(=O)c1ccc(Cl)s1)Nc1cccc(C2SCCS2)c1. The van der Waals surface area contributed by atoms with Gasteiger partial charge >= 0.3 is 0 Å². The fourth-order valence-corrected chi connectivity index (χ4v) is 6.20. The first-order chi connectivity index (χ1) is 11.6. The molecule has 126 valence electrons. The fraction of sp³-hybridized carbons (Fsp3) is 0.294. The number of Topliss-reactive ketones (excluding diaryl/α,β-unsaturated/α-hetero) is 1. The summed E-state index contributed by atoms with van der Waals surface area (Å²) >= 11 is 10.9. The van der Waals surface area contributed by atoms with Crippen LogP contribution in [0.3, 0.4) is 0 Å². The maximum atomic E-state index is 12.1. The minimum atomic E-state index is -0.144. The van der Waals surface area contributed by atoms with Gasteiger partial charge in [-0.2, -0.15) is 0 Å². The first-order valence-electron chi connectivity index (χ1n) is 7.53. The predicted molar refractivity (Wildman–Crippen MR) is 106 cm³/mol. The maximum Gasteiger partial charge on any atom is 0.224 e. The van der Waals surface area contributed by atoms with Crippen molar-refractivity contribution in [1.82, 2.24) is 0 Å². The number of rotatable bonds is 6. The first-order valence-corrected chi connectivity index (χ1v) is 10.8. The minimum Gasteiger partial charge on any atom is -0.326 e. The third-order valence-electron chi connectivity index (χ3n) is 3.49. The van der Waals surface area contributed by atoms with Crippen LogP contribution in [0.15, 0.2) is 36.4 Å². The summed E-state index contributed by atoms with van der Waals surface area (Å²) in [6.45, 7) is 0. The van der Waals surface area contributed by atoms with Crippen molar-refractivity contribution < 1.29 is 9.59 Å². The van der Waals surface area contributed by atoms with Gasteiger partial charge in [-0.15, -0.1) is 34.9 Å². The Kier molecular flexibility index (Phi) is 6.27. The average Bonchev–Trinajstić information content (AvgIpc) is 3.24. The lowest BCUT2D eigenvalue weighted by atomic mass is 10.1. The van der Waals surface area contributed by atoms with Crippen LogP contribution in [0.5, 0.6) is 0 Å². The maximum absolute atomic E-state index is 12.1. The molecule has 0 unspecified atom stereocenters. The molecule has 1 aliphatic rings. The Morgan fingerprint density at radius 3 is 2.62 bits per heavy atom. The molecule has 1 N–H and O–H groups in total. The Morgan fingerprint density at radius 2 is 1.92 bits per heavy atom. The number of thioether (sulfide) groups is 2. The van der Waals surface area contributed by atoms with E-state index in [0.29, 0.717) is 13.8 Å². The summed E-state index contributed by atoms with van der Waals surface area (Å²) in [4.78, 5) is 24.7. The number of benzene rings is 1. The number of hydrogen-bond acceptors (Lipinski definition) is 5. The summed E-state index contributed by atoms with van der Waals surface area (Å²) < 4.78 is 1.04. The molecule has 1 fully saturated rings. The number of ketones is 1. The third kappa shape index (κ3) is 4.79. The highest BCUT2D eigenvalue weighted by Gasteiger charge is 2.18. The van der Waals surface area contributed by atoms with Gasteiger partial charge in [0.15, 0.2) is 5.78 Å². The molecule has 1 saturated heterocycles. The van der Waals surface area contributed by atoms with Crippen LogP contribution < -0.4 is 5.32 Å². The van der Waals surface area contributed by atoms with Crippen LogP contribution >= 0.6 is 46.5 Å². The Balaban J connectivity index is 1.53. The number of thiophene rings is 1. The van der Waals surface area contributed by atoms with Crippen LogP contribution in [0, 0.1) is 0 Å². The number of carbonyl (C=O) groups is 2. The molecular weight excluding hydrogens is 382 g/mol. The average molecular weight is 398 g/mol. The molecule has 7 heteroatoms. The van der Waals surface area contributed by atoms with Crippen molar-refractivity contribution in [3.63, 3.8) is 0 Å². The molecule has 2 heterocycles. The highest BCUT2D eigenvalue weighted by atomic mass is 35.5. The van der Waals surface area contributed by atoms with Crippen molar-refractivity contribution in [3.8, 4) is 0 Å². The van der Waals surface area contributed by atoms with Crippen molar-refractivity contribution >= 4 is 63.8 Å². The monoisotopic (exact) mass is 397 g/mol. The Bertz CT molecular complexity index is 741. The van der Waals surface area contributed by atoms with E-state index in [2.05, 4.69) is 11.4 Å².